The Hall–Kier alpha value is -4.63. The molecular weight excluding hydrogens is 406 g/mol. The molecule has 0 fully saturated rings. The molecule has 6 nitrogen and oxygen atoms in total. The molecule has 1 heterocycles. The Morgan fingerprint density at radius 3 is 2.38 bits per heavy atom. The summed E-state index contributed by atoms with van der Waals surface area (Å²) in [6.45, 7) is 0. The van der Waals surface area contributed by atoms with Crippen LogP contribution in [0.3, 0.4) is 0 Å². The van der Waals surface area contributed by atoms with Crippen molar-refractivity contribution in [2.75, 3.05) is 12.4 Å². The SMILES string of the molecule is COC(=O)c1cccc(C#Cc2cccc(NC(=O)c3cc4ccccc4oc3=O)c2)c1. The van der Waals surface area contributed by atoms with Gasteiger partial charge in [0.05, 0.1) is 12.7 Å². The lowest BCUT2D eigenvalue weighted by molar-refractivity contribution is 0.0600. The molecule has 1 amide bonds. The summed E-state index contributed by atoms with van der Waals surface area (Å²) in [5.41, 5.74) is 1.82. The highest BCUT2D eigenvalue weighted by Crippen LogP contribution is 2.15. The van der Waals surface area contributed by atoms with Crippen LogP contribution in [0.25, 0.3) is 11.0 Å². The second kappa shape index (κ2) is 9.02. The first-order valence-electron chi connectivity index (χ1n) is 9.68. The number of para-hydroxylation sites is 1. The third-order valence-corrected chi connectivity index (χ3v) is 4.64. The summed E-state index contributed by atoms with van der Waals surface area (Å²) < 4.78 is 9.94. The average Bonchev–Trinajstić information content (AvgIpc) is 2.82. The molecule has 0 atom stereocenters. The fourth-order valence-corrected chi connectivity index (χ4v) is 3.08. The first-order valence-corrected chi connectivity index (χ1v) is 9.68. The Morgan fingerprint density at radius 2 is 1.59 bits per heavy atom. The van der Waals surface area contributed by atoms with Crippen molar-refractivity contribution in [3.63, 3.8) is 0 Å². The van der Waals surface area contributed by atoms with Crippen LogP contribution in [0.2, 0.25) is 0 Å². The minimum atomic E-state index is -0.706. The number of hydrogen-bond acceptors (Lipinski definition) is 5. The molecule has 6 heteroatoms. The lowest BCUT2D eigenvalue weighted by Crippen LogP contribution is -2.20. The first kappa shape index (κ1) is 20.6. The fourth-order valence-electron chi connectivity index (χ4n) is 3.08. The molecule has 156 valence electrons. The van der Waals surface area contributed by atoms with Crippen molar-refractivity contribution in [2.24, 2.45) is 0 Å². The zero-order valence-corrected chi connectivity index (χ0v) is 17.0. The van der Waals surface area contributed by atoms with Crippen molar-refractivity contribution < 1.29 is 18.7 Å². The van der Waals surface area contributed by atoms with E-state index in [0.717, 1.165) is 0 Å². The van der Waals surface area contributed by atoms with Crippen LogP contribution in [0.4, 0.5) is 5.69 Å². The molecule has 0 aliphatic heterocycles. The van der Waals surface area contributed by atoms with Crippen molar-refractivity contribution in [2.45, 2.75) is 0 Å². The van der Waals surface area contributed by atoms with Gasteiger partial charge < -0.3 is 14.5 Å². The van der Waals surface area contributed by atoms with Crippen molar-refractivity contribution in [3.8, 4) is 11.8 Å². The van der Waals surface area contributed by atoms with E-state index < -0.39 is 17.5 Å². The summed E-state index contributed by atoms with van der Waals surface area (Å²) in [4.78, 5) is 36.5. The van der Waals surface area contributed by atoms with Gasteiger partial charge in [0.25, 0.3) is 5.91 Å². The van der Waals surface area contributed by atoms with Crippen molar-refractivity contribution in [1.82, 2.24) is 0 Å². The fraction of sp³-hybridized carbons (Fsp3) is 0.0385. The molecular formula is C26H17NO5. The standard InChI is InChI=1S/C26H17NO5/c1-31-25(29)20-9-4-6-17(14-20)12-13-18-7-5-10-21(15-18)27-24(28)22-16-19-8-2-3-11-23(19)32-26(22)30/h2-11,14-16H,1H3,(H,27,28). The Bertz CT molecular complexity index is 1460. The normalized spacial score (nSPS) is 10.2. The predicted octanol–water partition coefficient (Wildman–Crippen LogP) is 4.23. The number of ether oxygens (including phenoxy) is 1. The number of carbonyl (C=O) groups excluding carboxylic acids is 2. The van der Waals surface area contributed by atoms with E-state index in [1.807, 2.05) is 0 Å². The van der Waals surface area contributed by atoms with E-state index in [1.165, 1.54) is 13.2 Å². The Kier molecular flexibility index (Phi) is 5.82. The lowest BCUT2D eigenvalue weighted by Gasteiger charge is -2.06. The van der Waals surface area contributed by atoms with E-state index in [1.54, 1.807) is 72.8 Å². The Labute approximate surface area is 183 Å². The lowest BCUT2D eigenvalue weighted by atomic mass is 10.1. The molecule has 0 saturated heterocycles. The molecule has 0 spiro atoms. The summed E-state index contributed by atoms with van der Waals surface area (Å²) in [7, 11) is 1.32. The summed E-state index contributed by atoms with van der Waals surface area (Å²) in [6.07, 6.45) is 0. The summed E-state index contributed by atoms with van der Waals surface area (Å²) in [6, 6.07) is 22.2. The largest absolute Gasteiger partial charge is 0.465 e. The molecule has 0 bridgehead atoms. The van der Waals surface area contributed by atoms with Gasteiger partial charge in [0.1, 0.15) is 11.1 Å². The van der Waals surface area contributed by atoms with Crippen LogP contribution < -0.4 is 10.9 Å². The van der Waals surface area contributed by atoms with E-state index in [0.29, 0.717) is 33.3 Å². The van der Waals surface area contributed by atoms with Crippen LogP contribution in [0.5, 0.6) is 0 Å². The quantitative estimate of drug-likeness (QED) is 0.303. The molecule has 0 saturated carbocycles. The number of methoxy groups -OCH3 is 1. The maximum absolute atomic E-state index is 12.6. The number of hydrogen-bond donors (Lipinski definition) is 1. The second-order valence-corrected chi connectivity index (χ2v) is 6.84. The topological polar surface area (TPSA) is 85.6 Å². The molecule has 4 aromatic rings. The summed E-state index contributed by atoms with van der Waals surface area (Å²) in [5.74, 6) is 4.98. The number of anilines is 1. The third-order valence-electron chi connectivity index (χ3n) is 4.64. The van der Waals surface area contributed by atoms with Crippen LogP contribution in [-0.2, 0) is 4.74 Å². The highest BCUT2D eigenvalue weighted by atomic mass is 16.5. The Morgan fingerprint density at radius 1 is 0.875 bits per heavy atom. The van der Waals surface area contributed by atoms with Gasteiger partial charge >= 0.3 is 11.6 Å². The number of nitrogens with one attached hydrogen (secondary N) is 1. The van der Waals surface area contributed by atoms with E-state index in [4.69, 9.17) is 9.15 Å². The van der Waals surface area contributed by atoms with E-state index >= 15 is 0 Å². The van der Waals surface area contributed by atoms with Gasteiger partial charge in [-0.25, -0.2) is 9.59 Å². The number of carbonyl (C=O) groups is 2. The molecule has 32 heavy (non-hydrogen) atoms. The number of rotatable bonds is 3. The van der Waals surface area contributed by atoms with Crippen LogP contribution in [0, 0.1) is 11.8 Å². The number of fused-ring (bicyclic) bond motifs is 1. The summed E-state index contributed by atoms with van der Waals surface area (Å²) >= 11 is 0. The molecule has 1 aromatic heterocycles. The highest BCUT2D eigenvalue weighted by Gasteiger charge is 2.14. The zero-order chi connectivity index (χ0) is 22.5. The molecule has 0 aliphatic rings. The van der Waals surface area contributed by atoms with Gasteiger partial charge in [-0.05, 0) is 48.5 Å². The molecule has 1 N–H and O–H groups in total. The van der Waals surface area contributed by atoms with Crippen LogP contribution in [0.1, 0.15) is 31.8 Å². The molecule has 3 aromatic carbocycles. The maximum Gasteiger partial charge on any atom is 0.349 e. The van der Waals surface area contributed by atoms with Gasteiger partial charge in [0.2, 0.25) is 0 Å². The number of esters is 1. The van der Waals surface area contributed by atoms with Crippen LogP contribution in [0.15, 0.2) is 88.1 Å². The monoisotopic (exact) mass is 423 g/mol. The van der Waals surface area contributed by atoms with Gasteiger partial charge in [-0.15, -0.1) is 0 Å². The first-order chi connectivity index (χ1) is 15.5. The molecule has 0 aliphatic carbocycles. The van der Waals surface area contributed by atoms with Gasteiger partial charge in [-0.1, -0.05) is 42.2 Å². The maximum atomic E-state index is 12.6. The van der Waals surface area contributed by atoms with Crippen LogP contribution in [-0.4, -0.2) is 19.0 Å². The zero-order valence-electron chi connectivity index (χ0n) is 17.0. The molecule has 0 unspecified atom stereocenters. The van der Waals surface area contributed by atoms with E-state index in [9.17, 15) is 14.4 Å². The van der Waals surface area contributed by atoms with Gasteiger partial charge in [-0.3, -0.25) is 4.79 Å². The highest BCUT2D eigenvalue weighted by molar-refractivity contribution is 6.05. The Balaban J connectivity index is 1.55. The predicted molar refractivity (Wildman–Crippen MR) is 121 cm³/mol. The summed E-state index contributed by atoms with van der Waals surface area (Å²) in [5, 5.41) is 3.36. The van der Waals surface area contributed by atoms with Gasteiger partial charge in [0, 0.05) is 22.2 Å². The van der Waals surface area contributed by atoms with Crippen molar-refractivity contribution in [3.05, 3.63) is 112 Å². The molecule has 4 rings (SSSR count). The van der Waals surface area contributed by atoms with Crippen LogP contribution >= 0.6 is 0 Å². The van der Waals surface area contributed by atoms with Gasteiger partial charge in [0.15, 0.2) is 0 Å². The van der Waals surface area contributed by atoms with Crippen molar-refractivity contribution in [1.29, 1.82) is 0 Å². The average molecular weight is 423 g/mol. The van der Waals surface area contributed by atoms with Crippen molar-refractivity contribution >= 4 is 28.5 Å². The number of amides is 1. The van der Waals surface area contributed by atoms with E-state index in [-0.39, 0.29) is 5.56 Å². The smallest absolute Gasteiger partial charge is 0.349 e. The minimum Gasteiger partial charge on any atom is -0.465 e. The minimum absolute atomic E-state index is 0.0835. The molecule has 0 radical (unpaired) electrons. The second-order valence-electron chi connectivity index (χ2n) is 6.84. The third kappa shape index (κ3) is 4.58. The van der Waals surface area contributed by atoms with E-state index in [2.05, 4.69) is 17.2 Å². The van der Waals surface area contributed by atoms with Gasteiger partial charge in [-0.2, -0.15) is 0 Å². The number of benzene rings is 3.